The summed E-state index contributed by atoms with van der Waals surface area (Å²) in [6.45, 7) is 0. The van der Waals surface area contributed by atoms with Crippen molar-refractivity contribution in [3.8, 4) is 11.1 Å². The minimum absolute atomic E-state index is 0.0399. The fourth-order valence-corrected chi connectivity index (χ4v) is 3.92. The average Bonchev–Trinajstić information content (AvgIpc) is 2.66. The van der Waals surface area contributed by atoms with E-state index in [4.69, 9.17) is 0 Å². The molecule has 3 nitrogen and oxygen atoms in total. The lowest BCUT2D eigenvalue weighted by molar-refractivity contribution is -0.137. The minimum atomic E-state index is -4.48. The largest absolute Gasteiger partial charge is 0.416 e. The van der Waals surface area contributed by atoms with Crippen molar-refractivity contribution in [1.82, 2.24) is 0 Å². The number of benzene rings is 3. The van der Waals surface area contributed by atoms with Crippen LogP contribution in [0, 0.1) is 5.82 Å². The van der Waals surface area contributed by atoms with Crippen LogP contribution in [0.2, 0.25) is 0 Å². The minimum Gasteiger partial charge on any atom is -0.277 e. The van der Waals surface area contributed by atoms with Gasteiger partial charge in [0.15, 0.2) is 5.82 Å². The first-order valence-corrected chi connectivity index (χ1v) is 9.79. The van der Waals surface area contributed by atoms with Crippen LogP contribution in [0.25, 0.3) is 11.1 Å². The Hall–Kier alpha value is -2.52. The first-order chi connectivity index (χ1) is 13.1. The van der Waals surface area contributed by atoms with Crippen LogP contribution in [0.5, 0.6) is 0 Å². The zero-order valence-corrected chi connectivity index (χ0v) is 15.7. The molecule has 0 bridgehead atoms. The molecule has 0 heterocycles. The maximum atomic E-state index is 14.7. The van der Waals surface area contributed by atoms with Crippen LogP contribution in [0.15, 0.2) is 76.5 Å². The monoisotopic (exact) mass is 427 g/mol. The number of rotatable bonds is 4. The van der Waals surface area contributed by atoms with Gasteiger partial charge in [-0.05, 0) is 41.5 Å². The average molecular weight is 427 g/mol. The molecule has 0 amide bonds. The standard InChI is InChI=1S/C19H13F4NO2S2/c20-17-16(24-28(25,26)14-4-2-1-3-5-14)11-10-15(18(17)27)12-6-8-13(9-7-12)19(21,22)23/h1-11,24,27H. The maximum absolute atomic E-state index is 14.7. The molecule has 0 saturated heterocycles. The van der Waals surface area contributed by atoms with Crippen molar-refractivity contribution in [1.29, 1.82) is 0 Å². The molecular formula is C19H13F4NO2S2. The highest BCUT2D eigenvalue weighted by Crippen LogP contribution is 2.35. The summed E-state index contributed by atoms with van der Waals surface area (Å²) in [4.78, 5) is -0.227. The van der Waals surface area contributed by atoms with E-state index in [1.807, 2.05) is 0 Å². The first-order valence-electron chi connectivity index (χ1n) is 7.86. The highest BCUT2D eigenvalue weighted by Gasteiger charge is 2.30. The number of alkyl halides is 3. The van der Waals surface area contributed by atoms with Crippen molar-refractivity contribution in [3.63, 3.8) is 0 Å². The molecule has 9 heteroatoms. The van der Waals surface area contributed by atoms with Crippen molar-refractivity contribution >= 4 is 28.3 Å². The predicted octanol–water partition coefficient (Wildman–Crippen LogP) is 5.60. The van der Waals surface area contributed by atoms with E-state index in [-0.39, 0.29) is 21.0 Å². The second-order valence-corrected chi connectivity index (χ2v) is 7.95. The van der Waals surface area contributed by atoms with Crippen LogP contribution in [-0.2, 0) is 16.2 Å². The van der Waals surface area contributed by atoms with Gasteiger partial charge in [-0.25, -0.2) is 12.8 Å². The molecule has 3 rings (SSSR count). The van der Waals surface area contributed by atoms with Crippen LogP contribution in [0.3, 0.4) is 0 Å². The Morgan fingerprint density at radius 3 is 2.04 bits per heavy atom. The number of nitrogens with one attached hydrogen (secondary N) is 1. The normalized spacial score (nSPS) is 12.0. The summed E-state index contributed by atoms with van der Waals surface area (Å²) in [5.41, 5.74) is -0.597. The van der Waals surface area contributed by atoms with Gasteiger partial charge in [-0.2, -0.15) is 13.2 Å². The molecule has 0 fully saturated rings. The Morgan fingerprint density at radius 2 is 1.46 bits per heavy atom. The molecule has 0 aliphatic heterocycles. The molecule has 0 aliphatic carbocycles. The molecule has 1 N–H and O–H groups in total. The van der Waals surface area contributed by atoms with Crippen molar-refractivity contribution in [2.45, 2.75) is 16.0 Å². The van der Waals surface area contributed by atoms with Crippen LogP contribution >= 0.6 is 12.6 Å². The lowest BCUT2D eigenvalue weighted by atomic mass is 10.0. The van der Waals surface area contributed by atoms with Gasteiger partial charge in [0.05, 0.1) is 16.1 Å². The van der Waals surface area contributed by atoms with Gasteiger partial charge in [-0.1, -0.05) is 36.4 Å². The van der Waals surface area contributed by atoms with Crippen LogP contribution in [0.4, 0.5) is 23.2 Å². The van der Waals surface area contributed by atoms with E-state index in [0.717, 1.165) is 12.1 Å². The Morgan fingerprint density at radius 1 is 0.857 bits per heavy atom. The SMILES string of the molecule is O=S(=O)(Nc1ccc(-c2ccc(C(F)(F)F)cc2)c(S)c1F)c1ccccc1. The van der Waals surface area contributed by atoms with Crippen LogP contribution in [-0.4, -0.2) is 8.42 Å². The number of hydrogen-bond acceptors (Lipinski definition) is 3. The van der Waals surface area contributed by atoms with Gasteiger partial charge in [0.1, 0.15) is 0 Å². The lowest BCUT2D eigenvalue weighted by Crippen LogP contribution is -2.14. The van der Waals surface area contributed by atoms with E-state index in [1.165, 1.54) is 48.5 Å². The summed E-state index contributed by atoms with van der Waals surface area (Å²) in [5, 5.41) is 0. The zero-order chi connectivity index (χ0) is 20.5. The second-order valence-electron chi connectivity index (χ2n) is 5.82. The van der Waals surface area contributed by atoms with E-state index in [9.17, 15) is 26.0 Å². The van der Waals surface area contributed by atoms with E-state index in [1.54, 1.807) is 6.07 Å². The van der Waals surface area contributed by atoms with Gasteiger partial charge in [0.25, 0.3) is 10.0 Å². The van der Waals surface area contributed by atoms with Crippen molar-refractivity contribution in [2.75, 3.05) is 4.72 Å². The molecular weight excluding hydrogens is 414 g/mol. The fourth-order valence-electron chi connectivity index (χ4n) is 2.52. The van der Waals surface area contributed by atoms with Gasteiger partial charge >= 0.3 is 6.18 Å². The molecule has 3 aromatic carbocycles. The van der Waals surface area contributed by atoms with Crippen molar-refractivity contribution in [3.05, 3.63) is 78.1 Å². The second kappa shape index (κ2) is 7.48. The van der Waals surface area contributed by atoms with Gasteiger partial charge in [-0.3, -0.25) is 4.72 Å². The van der Waals surface area contributed by atoms with Crippen LogP contribution in [0.1, 0.15) is 5.56 Å². The summed E-state index contributed by atoms with van der Waals surface area (Å²) in [7, 11) is -4.00. The first kappa shape index (κ1) is 20.2. The molecule has 0 radical (unpaired) electrons. The topological polar surface area (TPSA) is 46.2 Å². The smallest absolute Gasteiger partial charge is 0.277 e. The number of thiol groups is 1. The molecule has 0 atom stereocenters. The van der Waals surface area contributed by atoms with Crippen molar-refractivity contribution < 1.29 is 26.0 Å². The molecule has 3 aromatic rings. The van der Waals surface area contributed by atoms with E-state index < -0.39 is 27.6 Å². The molecule has 28 heavy (non-hydrogen) atoms. The molecule has 0 saturated carbocycles. The van der Waals surface area contributed by atoms with Gasteiger partial charge in [0.2, 0.25) is 0 Å². The molecule has 0 aromatic heterocycles. The predicted molar refractivity (Wildman–Crippen MR) is 101 cm³/mol. The summed E-state index contributed by atoms with van der Waals surface area (Å²) >= 11 is 4.08. The maximum Gasteiger partial charge on any atom is 0.416 e. The Kier molecular flexibility index (Phi) is 5.40. The van der Waals surface area contributed by atoms with Gasteiger partial charge < -0.3 is 0 Å². The summed E-state index contributed by atoms with van der Waals surface area (Å²) in [6, 6.07) is 14.2. The van der Waals surface area contributed by atoms with Gasteiger partial charge in [-0.15, -0.1) is 12.6 Å². The summed E-state index contributed by atoms with van der Waals surface area (Å²) < 4.78 is 79.5. The number of sulfonamides is 1. The van der Waals surface area contributed by atoms with E-state index >= 15 is 0 Å². The number of hydrogen-bond donors (Lipinski definition) is 2. The van der Waals surface area contributed by atoms with Crippen LogP contribution < -0.4 is 4.72 Å². The summed E-state index contributed by atoms with van der Waals surface area (Å²) in [6.07, 6.45) is -4.48. The highest BCUT2D eigenvalue weighted by molar-refractivity contribution is 7.92. The number of anilines is 1. The third kappa shape index (κ3) is 4.15. The third-order valence-corrected chi connectivity index (χ3v) is 5.76. The molecule has 0 spiro atoms. The quantitative estimate of drug-likeness (QED) is 0.421. The molecule has 0 aliphatic rings. The number of halogens is 4. The zero-order valence-electron chi connectivity index (χ0n) is 14.0. The molecule has 0 unspecified atom stereocenters. The van der Waals surface area contributed by atoms with Gasteiger partial charge in [0, 0.05) is 4.90 Å². The highest BCUT2D eigenvalue weighted by atomic mass is 32.2. The lowest BCUT2D eigenvalue weighted by Gasteiger charge is -2.13. The fraction of sp³-hybridized carbons (Fsp3) is 0.0526. The Balaban J connectivity index is 1.94. The van der Waals surface area contributed by atoms with E-state index in [2.05, 4.69) is 17.4 Å². The molecule has 146 valence electrons. The Bertz CT molecular complexity index is 1100. The van der Waals surface area contributed by atoms with Crippen molar-refractivity contribution in [2.24, 2.45) is 0 Å². The Labute approximate surface area is 164 Å². The third-order valence-electron chi connectivity index (χ3n) is 3.94. The van der Waals surface area contributed by atoms with E-state index in [0.29, 0.717) is 5.56 Å². The summed E-state index contributed by atoms with van der Waals surface area (Å²) in [5.74, 6) is -0.930.